The van der Waals surface area contributed by atoms with E-state index in [9.17, 15) is 4.79 Å². The number of aryl methyl sites for hydroxylation is 1. The minimum absolute atomic E-state index is 0.213. The van der Waals surface area contributed by atoms with Crippen LogP contribution < -0.4 is 10.5 Å². The zero-order valence-electron chi connectivity index (χ0n) is 10.6. The molecule has 0 heterocycles. The Hall–Kier alpha value is -1.71. The highest BCUT2D eigenvalue weighted by Crippen LogP contribution is 2.27. The minimum Gasteiger partial charge on any atom is -0.493 e. The van der Waals surface area contributed by atoms with Gasteiger partial charge in [-0.05, 0) is 31.9 Å². The van der Waals surface area contributed by atoms with Crippen LogP contribution in [0.25, 0.3) is 0 Å². The third-order valence-electron chi connectivity index (χ3n) is 2.64. The van der Waals surface area contributed by atoms with Crippen molar-refractivity contribution in [2.45, 2.75) is 26.7 Å². The number of esters is 1. The van der Waals surface area contributed by atoms with Gasteiger partial charge in [0, 0.05) is 17.7 Å². The lowest BCUT2D eigenvalue weighted by Gasteiger charge is -2.13. The standard InChI is InChI=1S/C13H19NO3/c1-9-6-7-11(14)10(2)13(9)17-8-4-5-12(15)16-3/h6-7H,4-5,8,14H2,1-3H3. The Morgan fingerprint density at radius 3 is 2.71 bits per heavy atom. The summed E-state index contributed by atoms with van der Waals surface area (Å²) < 4.78 is 10.2. The van der Waals surface area contributed by atoms with E-state index < -0.39 is 0 Å². The van der Waals surface area contributed by atoms with Crippen LogP contribution in [0.15, 0.2) is 12.1 Å². The molecule has 0 atom stereocenters. The maximum absolute atomic E-state index is 10.9. The monoisotopic (exact) mass is 237 g/mol. The van der Waals surface area contributed by atoms with Gasteiger partial charge in [0.25, 0.3) is 0 Å². The second-order valence-corrected chi connectivity index (χ2v) is 3.95. The van der Waals surface area contributed by atoms with Crippen molar-refractivity contribution in [3.8, 4) is 5.75 Å². The molecule has 0 aliphatic rings. The minimum atomic E-state index is -0.213. The molecule has 0 aromatic heterocycles. The van der Waals surface area contributed by atoms with Crippen molar-refractivity contribution in [2.24, 2.45) is 0 Å². The molecule has 94 valence electrons. The summed E-state index contributed by atoms with van der Waals surface area (Å²) >= 11 is 0. The summed E-state index contributed by atoms with van der Waals surface area (Å²) in [6, 6.07) is 3.80. The molecular weight excluding hydrogens is 218 g/mol. The maximum Gasteiger partial charge on any atom is 0.305 e. The van der Waals surface area contributed by atoms with E-state index in [0.29, 0.717) is 19.4 Å². The van der Waals surface area contributed by atoms with Crippen LogP contribution in [0.4, 0.5) is 5.69 Å². The van der Waals surface area contributed by atoms with E-state index in [1.54, 1.807) is 0 Å². The summed E-state index contributed by atoms with van der Waals surface area (Å²) in [6.45, 7) is 4.39. The molecule has 0 saturated heterocycles. The second-order valence-electron chi connectivity index (χ2n) is 3.95. The van der Waals surface area contributed by atoms with Crippen LogP contribution in [0.1, 0.15) is 24.0 Å². The molecule has 0 spiro atoms. The highest BCUT2D eigenvalue weighted by Gasteiger charge is 2.07. The van der Waals surface area contributed by atoms with E-state index in [1.807, 2.05) is 26.0 Å². The van der Waals surface area contributed by atoms with Gasteiger partial charge in [-0.15, -0.1) is 0 Å². The van der Waals surface area contributed by atoms with Gasteiger partial charge < -0.3 is 15.2 Å². The van der Waals surface area contributed by atoms with Gasteiger partial charge >= 0.3 is 5.97 Å². The molecule has 0 aliphatic heterocycles. The van der Waals surface area contributed by atoms with Crippen molar-refractivity contribution < 1.29 is 14.3 Å². The number of methoxy groups -OCH3 is 1. The Bertz CT molecular complexity index is 402. The smallest absolute Gasteiger partial charge is 0.305 e. The average molecular weight is 237 g/mol. The number of ether oxygens (including phenoxy) is 2. The summed E-state index contributed by atoms with van der Waals surface area (Å²) in [7, 11) is 1.38. The summed E-state index contributed by atoms with van der Waals surface area (Å²) in [5, 5.41) is 0. The third kappa shape index (κ3) is 3.66. The molecule has 2 N–H and O–H groups in total. The first-order valence-electron chi connectivity index (χ1n) is 5.61. The highest BCUT2D eigenvalue weighted by molar-refractivity contribution is 5.69. The average Bonchev–Trinajstić information content (AvgIpc) is 2.32. The van der Waals surface area contributed by atoms with Gasteiger partial charge in [-0.25, -0.2) is 0 Å². The molecule has 0 radical (unpaired) electrons. The molecule has 0 bridgehead atoms. The van der Waals surface area contributed by atoms with Crippen LogP contribution in [0, 0.1) is 13.8 Å². The highest BCUT2D eigenvalue weighted by atomic mass is 16.5. The van der Waals surface area contributed by atoms with E-state index in [4.69, 9.17) is 10.5 Å². The first kappa shape index (κ1) is 13.4. The van der Waals surface area contributed by atoms with E-state index in [1.165, 1.54) is 7.11 Å². The van der Waals surface area contributed by atoms with Crippen molar-refractivity contribution in [3.05, 3.63) is 23.3 Å². The number of anilines is 1. The van der Waals surface area contributed by atoms with Gasteiger partial charge in [-0.1, -0.05) is 6.07 Å². The van der Waals surface area contributed by atoms with Gasteiger partial charge in [0.1, 0.15) is 5.75 Å². The predicted molar refractivity (Wildman–Crippen MR) is 67.1 cm³/mol. The molecule has 4 heteroatoms. The number of carbonyl (C=O) groups excluding carboxylic acids is 1. The zero-order chi connectivity index (χ0) is 12.8. The topological polar surface area (TPSA) is 61.5 Å². The number of hydrogen-bond acceptors (Lipinski definition) is 4. The van der Waals surface area contributed by atoms with Gasteiger partial charge in [-0.3, -0.25) is 4.79 Å². The Balaban J connectivity index is 2.52. The molecular formula is C13H19NO3. The van der Waals surface area contributed by atoms with Gasteiger partial charge in [0.15, 0.2) is 0 Å². The molecule has 4 nitrogen and oxygen atoms in total. The lowest BCUT2D eigenvalue weighted by atomic mass is 10.1. The van der Waals surface area contributed by atoms with Crippen LogP contribution in [0.3, 0.4) is 0 Å². The van der Waals surface area contributed by atoms with Crippen LogP contribution in [0.2, 0.25) is 0 Å². The van der Waals surface area contributed by atoms with Gasteiger partial charge in [-0.2, -0.15) is 0 Å². The Morgan fingerprint density at radius 2 is 2.06 bits per heavy atom. The molecule has 0 saturated carbocycles. The van der Waals surface area contributed by atoms with Crippen molar-refractivity contribution in [1.29, 1.82) is 0 Å². The lowest BCUT2D eigenvalue weighted by Crippen LogP contribution is -2.06. The van der Waals surface area contributed by atoms with E-state index in [2.05, 4.69) is 4.74 Å². The van der Waals surface area contributed by atoms with Crippen LogP contribution in [-0.4, -0.2) is 19.7 Å². The number of hydrogen-bond donors (Lipinski definition) is 1. The normalized spacial score (nSPS) is 10.1. The Kier molecular flexibility index (Phi) is 4.82. The second kappa shape index (κ2) is 6.13. The van der Waals surface area contributed by atoms with Crippen LogP contribution in [0.5, 0.6) is 5.75 Å². The first-order valence-corrected chi connectivity index (χ1v) is 5.61. The van der Waals surface area contributed by atoms with Crippen molar-refractivity contribution in [1.82, 2.24) is 0 Å². The molecule has 1 aromatic carbocycles. The number of benzene rings is 1. The Labute approximate surface area is 102 Å². The summed E-state index contributed by atoms with van der Waals surface area (Å²) in [5.41, 5.74) is 8.53. The van der Waals surface area contributed by atoms with Crippen molar-refractivity contribution >= 4 is 11.7 Å². The SMILES string of the molecule is COC(=O)CCCOc1c(C)ccc(N)c1C. The number of rotatable bonds is 5. The fourth-order valence-electron chi connectivity index (χ4n) is 1.56. The molecule has 0 unspecified atom stereocenters. The van der Waals surface area contributed by atoms with Crippen molar-refractivity contribution in [2.75, 3.05) is 19.5 Å². The van der Waals surface area contributed by atoms with Gasteiger partial charge in [0.05, 0.1) is 13.7 Å². The number of nitrogens with two attached hydrogens (primary N) is 1. The molecule has 1 aromatic rings. The summed E-state index contributed by atoms with van der Waals surface area (Å²) in [4.78, 5) is 10.9. The zero-order valence-corrected chi connectivity index (χ0v) is 10.6. The Morgan fingerprint density at radius 1 is 1.35 bits per heavy atom. The lowest BCUT2D eigenvalue weighted by molar-refractivity contribution is -0.140. The van der Waals surface area contributed by atoms with Crippen LogP contribution in [-0.2, 0) is 9.53 Å². The summed E-state index contributed by atoms with van der Waals surface area (Å²) in [6.07, 6.45) is 1.01. The molecule has 0 fully saturated rings. The van der Waals surface area contributed by atoms with E-state index in [0.717, 1.165) is 22.6 Å². The predicted octanol–water partition coefficient (Wildman–Crippen LogP) is 2.22. The maximum atomic E-state index is 10.9. The molecule has 0 amide bonds. The fraction of sp³-hybridized carbons (Fsp3) is 0.462. The largest absolute Gasteiger partial charge is 0.493 e. The molecule has 0 aliphatic carbocycles. The van der Waals surface area contributed by atoms with Gasteiger partial charge in [0.2, 0.25) is 0 Å². The van der Waals surface area contributed by atoms with E-state index >= 15 is 0 Å². The molecule has 17 heavy (non-hydrogen) atoms. The fourth-order valence-corrected chi connectivity index (χ4v) is 1.56. The van der Waals surface area contributed by atoms with Crippen LogP contribution >= 0.6 is 0 Å². The van der Waals surface area contributed by atoms with Crippen molar-refractivity contribution in [3.63, 3.8) is 0 Å². The number of carbonyl (C=O) groups is 1. The third-order valence-corrected chi connectivity index (χ3v) is 2.64. The summed E-state index contributed by atoms with van der Waals surface area (Å²) in [5.74, 6) is 0.601. The molecule has 1 rings (SSSR count). The number of nitrogen functional groups attached to an aromatic ring is 1. The first-order chi connectivity index (χ1) is 8.06. The van der Waals surface area contributed by atoms with E-state index in [-0.39, 0.29) is 5.97 Å². The quantitative estimate of drug-likeness (QED) is 0.484.